The van der Waals surface area contributed by atoms with Crippen LogP contribution in [0.3, 0.4) is 0 Å². The predicted molar refractivity (Wildman–Crippen MR) is 43.4 cm³/mol. The Labute approximate surface area is 65.3 Å². The Balaban J connectivity index is 2.19. The van der Waals surface area contributed by atoms with E-state index in [0.717, 1.165) is 18.5 Å². The third kappa shape index (κ3) is 2.84. The molecule has 0 aliphatic rings. The molecule has 4 heteroatoms. The Morgan fingerprint density at radius 1 is 1.73 bits per heavy atom. The van der Waals surface area contributed by atoms with Gasteiger partial charge in [0.15, 0.2) is 0 Å². The molecule has 1 rings (SSSR count). The zero-order chi connectivity index (χ0) is 8.10. The number of hydrogen-bond acceptors (Lipinski definition) is 2. The molecular formula is C7H12N4. The molecule has 0 amide bonds. The van der Waals surface area contributed by atoms with Crippen molar-refractivity contribution in [2.45, 2.75) is 19.3 Å². The van der Waals surface area contributed by atoms with Gasteiger partial charge in [-0.15, -0.1) is 0 Å². The first-order valence-electron chi connectivity index (χ1n) is 3.59. The Kier molecular flexibility index (Phi) is 2.66. The topological polar surface area (TPSA) is 78.6 Å². The number of imidazole rings is 1. The maximum absolute atomic E-state index is 6.98. The minimum Gasteiger partial charge on any atom is -0.388 e. The molecular weight excluding hydrogens is 140 g/mol. The van der Waals surface area contributed by atoms with Gasteiger partial charge in [0, 0.05) is 18.3 Å². The standard InChI is InChI=1S/C7H12N4/c8-7(9)3-1-2-6-4-10-5-11-6/h4-5H,1-3H2,(H3,8,9)(H,10,11). The Morgan fingerprint density at radius 3 is 3.09 bits per heavy atom. The number of aromatic amines is 1. The van der Waals surface area contributed by atoms with Crippen LogP contribution in [0.1, 0.15) is 18.5 Å². The van der Waals surface area contributed by atoms with Crippen LogP contribution in [-0.4, -0.2) is 15.8 Å². The second kappa shape index (κ2) is 3.75. The normalized spacial score (nSPS) is 9.82. The lowest BCUT2D eigenvalue weighted by Gasteiger charge is -1.95. The number of H-pyrrole nitrogens is 1. The number of amidine groups is 1. The van der Waals surface area contributed by atoms with Crippen molar-refractivity contribution in [1.82, 2.24) is 9.97 Å². The van der Waals surface area contributed by atoms with Gasteiger partial charge in [-0.05, 0) is 12.8 Å². The Hall–Kier alpha value is -1.32. The van der Waals surface area contributed by atoms with Gasteiger partial charge >= 0.3 is 0 Å². The summed E-state index contributed by atoms with van der Waals surface area (Å²) >= 11 is 0. The van der Waals surface area contributed by atoms with E-state index < -0.39 is 0 Å². The van der Waals surface area contributed by atoms with Crippen molar-refractivity contribution in [1.29, 1.82) is 5.41 Å². The molecule has 1 heterocycles. The smallest absolute Gasteiger partial charge is 0.0921 e. The number of nitrogens with one attached hydrogen (secondary N) is 2. The maximum atomic E-state index is 6.98. The lowest BCUT2D eigenvalue weighted by atomic mass is 10.2. The summed E-state index contributed by atoms with van der Waals surface area (Å²) in [6, 6.07) is 0. The predicted octanol–water partition coefficient (Wildman–Crippen LogP) is 0.668. The number of aryl methyl sites for hydroxylation is 1. The largest absolute Gasteiger partial charge is 0.388 e. The summed E-state index contributed by atoms with van der Waals surface area (Å²) in [5.74, 6) is 0.254. The van der Waals surface area contributed by atoms with Crippen LogP contribution in [0, 0.1) is 5.41 Å². The monoisotopic (exact) mass is 152 g/mol. The van der Waals surface area contributed by atoms with E-state index in [0.29, 0.717) is 6.42 Å². The van der Waals surface area contributed by atoms with E-state index in [4.69, 9.17) is 11.1 Å². The molecule has 0 saturated carbocycles. The van der Waals surface area contributed by atoms with Gasteiger partial charge in [0.2, 0.25) is 0 Å². The quantitative estimate of drug-likeness (QED) is 0.438. The number of nitrogens with zero attached hydrogens (tertiary/aromatic N) is 1. The van der Waals surface area contributed by atoms with Gasteiger partial charge in [-0.2, -0.15) is 0 Å². The molecule has 0 radical (unpaired) electrons. The summed E-state index contributed by atoms with van der Waals surface area (Å²) in [4.78, 5) is 6.87. The first kappa shape index (κ1) is 7.78. The molecule has 1 aromatic heterocycles. The first-order valence-corrected chi connectivity index (χ1v) is 3.59. The van der Waals surface area contributed by atoms with Crippen molar-refractivity contribution in [3.05, 3.63) is 18.2 Å². The average Bonchev–Trinajstić information content (AvgIpc) is 2.39. The van der Waals surface area contributed by atoms with Crippen LogP contribution in [0.4, 0.5) is 0 Å². The van der Waals surface area contributed by atoms with Crippen LogP contribution in [-0.2, 0) is 6.42 Å². The van der Waals surface area contributed by atoms with Crippen molar-refractivity contribution in [2.75, 3.05) is 0 Å². The van der Waals surface area contributed by atoms with Gasteiger partial charge < -0.3 is 10.7 Å². The zero-order valence-corrected chi connectivity index (χ0v) is 6.30. The molecule has 0 unspecified atom stereocenters. The molecule has 60 valence electrons. The van der Waals surface area contributed by atoms with Gasteiger partial charge in [-0.1, -0.05) is 0 Å². The highest BCUT2D eigenvalue weighted by Crippen LogP contribution is 1.98. The fraction of sp³-hybridized carbons (Fsp3) is 0.429. The third-order valence-corrected chi connectivity index (χ3v) is 1.45. The summed E-state index contributed by atoms with van der Waals surface area (Å²) in [5.41, 5.74) is 6.29. The van der Waals surface area contributed by atoms with Gasteiger partial charge in [0.25, 0.3) is 0 Å². The number of hydrogen-bond donors (Lipinski definition) is 3. The highest BCUT2D eigenvalue weighted by atomic mass is 14.9. The summed E-state index contributed by atoms with van der Waals surface area (Å²) in [6.45, 7) is 0. The lowest BCUT2D eigenvalue weighted by Crippen LogP contribution is -2.09. The number of rotatable bonds is 4. The zero-order valence-electron chi connectivity index (χ0n) is 6.30. The summed E-state index contributed by atoms with van der Waals surface area (Å²) in [6.07, 6.45) is 5.94. The molecule has 0 aromatic carbocycles. The highest BCUT2D eigenvalue weighted by molar-refractivity contribution is 5.76. The van der Waals surface area contributed by atoms with Crippen molar-refractivity contribution in [3.63, 3.8) is 0 Å². The van der Waals surface area contributed by atoms with Gasteiger partial charge in [0.05, 0.1) is 12.2 Å². The maximum Gasteiger partial charge on any atom is 0.0921 e. The molecule has 4 N–H and O–H groups in total. The Morgan fingerprint density at radius 2 is 2.55 bits per heavy atom. The summed E-state index contributed by atoms with van der Waals surface area (Å²) < 4.78 is 0. The number of aromatic nitrogens is 2. The van der Waals surface area contributed by atoms with E-state index in [2.05, 4.69) is 9.97 Å². The lowest BCUT2D eigenvalue weighted by molar-refractivity contribution is 0.837. The second-order valence-electron chi connectivity index (χ2n) is 2.46. The van der Waals surface area contributed by atoms with Crippen LogP contribution in [0.15, 0.2) is 12.5 Å². The first-order chi connectivity index (χ1) is 5.29. The van der Waals surface area contributed by atoms with Crippen molar-refractivity contribution in [3.8, 4) is 0 Å². The highest BCUT2D eigenvalue weighted by Gasteiger charge is 1.94. The molecule has 1 aromatic rings. The minimum absolute atomic E-state index is 0.254. The van der Waals surface area contributed by atoms with E-state index in [1.54, 1.807) is 12.5 Å². The summed E-state index contributed by atoms with van der Waals surface area (Å²) in [7, 11) is 0. The van der Waals surface area contributed by atoms with Gasteiger partial charge in [-0.25, -0.2) is 4.98 Å². The van der Waals surface area contributed by atoms with Crippen molar-refractivity contribution < 1.29 is 0 Å². The van der Waals surface area contributed by atoms with Crippen LogP contribution >= 0.6 is 0 Å². The van der Waals surface area contributed by atoms with Crippen molar-refractivity contribution >= 4 is 5.84 Å². The van der Waals surface area contributed by atoms with Crippen LogP contribution < -0.4 is 5.73 Å². The molecule has 11 heavy (non-hydrogen) atoms. The minimum atomic E-state index is 0.254. The van der Waals surface area contributed by atoms with Crippen LogP contribution in [0.2, 0.25) is 0 Å². The summed E-state index contributed by atoms with van der Waals surface area (Å²) in [5, 5.41) is 6.98. The molecule has 0 atom stereocenters. The SMILES string of the molecule is N=C(N)CCCc1cnc[nH]1. The molecule has 0 spiro atoms. The fourth-order valence-electron chi connectivity index (χ4n) is 0.891. The van der Waals surface area contributed by atoms with Gasteiger partial charge in [-0.3, -0.25) is 5.41 Å². The van der Waals surface area contributed by atoms with E-state index in [1.807, 2.05) is 0 Å². The van der Waals surface area contributed by atoms with Crippen LogP contribution in [0.25, 0.3) is 0 Å². The van der Waals surface area contributed by atoms with Crippen LogP contribution in [0.5, 0.6) is 0 Å². The molecule has 0 aliphatic carbocycles. The third-order valence-electron chi connectivity index (χ3n) is 1.45. The van der Waals surface area contributed by atoms with E-state index in [-0.39, 0.29) is 5.84 Å². The molecule has 0 saturated heterocycles. The van der Waals surface area contributed by atoms with E-state index in [1.165, 1.54) is 0 Å². The van der Waals surface area contributed by atoms with Gasteiger partial charge in [0.1, 0.15) is 0 Å². The fourth-order valence-corrected chi connectivity index (χ4v) is 0.891. The average molecular weight is 152 g/mol. The van der Waals surface area contributed by atoms with E-state index >= 15 is 0 Å². The number of nitrogens with two attached hydrogens (primary N) is 1. The van der Waals surface area contributed by atoms with E-state index in [9.17, 15) is 0 Å². The molecule has 0 aliphatic heterocycles. The molecule has 0 bridgehead atoms. The molecule has 4 nitrogen and oxygen atoms in total. The van der Waals surface area contributed by atoms with Crippen molar-refractivity contribution in [2.24, 2.45) is 5.73 Å². The Bertz CT molecular complexity index is 214. The molecule has 0 fully saturated rings. The second-order valence-corrected chi connectivity index (χ2v) is 2.46.